The van der Waals surface area contributed by atoms with Gasteiger partial charge < -0.3 is 15.2 Å². The fourth-order valence-electron chi connectivity index (χ4n) is 1.48. The molecule has 0 aliphatic carbocycles. The zero-order chi connectivity index (χ0) is 14.2. The van der Waals surface area contributed by atoms with E-state index >= 15 is 0 Å². The van der Waals surface area contributed by atoms with Crippen molar-refractivity contribution in [2.24, 2.45) is 0 Å². The predicted molar refractivity (Wildman–Crippen MR) is 76.9 cm³/mol. The second-order valence-electron chi connectivity index (χ2n) is 4.82. The Labute approximate surface area is 115 Å². The molecule has 0 aromatic heterocycles. The van der Waals surface area contributed by atoms with Gasteiger partial charge in [0.05, 0.1) is 13.2 Å². The van der Waals surface area contributed by atoms with Crippen molar-refractivity contribution in [3.63, 3.8) is 0 Å². The summed E-state index contributed by atoms with van der Waals surface area (Å²) in [5, 5.41) is 12.8. The second-order valence-corrected chi connectivity index (χ2v) is 6.30. The molecule has 108 valence electrons. The number of hydrogen-bond acceptors (Lipinski definition) is 5. The Kier molecular flexibility index (Phi) is 8.65. The Morgan fingerprint density at radius 2 is 2.11 bits per heavy atom. The minimum absolute atomic E-state index is 0.179. The van der Waals surface area contributed by atoms with E-state index in [1.54, 1.807) is 18.7 Å². The number of methoxy groups -OCH3 is 1. The molecule has 4 nitrogen and oxygen atoms in total. The third-order valence-corrected chi connectivity index (χ3v) is 4.42. The molecule has 0 rings (SSSR count). The maximum Gasteiger partial charge on any atom is 0.325 e. The van der Waals surface area contributed by atoms with Gasteiger partial charge in [-0.25, -0.2) is 0 Å². The number of aliphatic hydroxyl groups excluding tert-OH is 1. The van der Waals surface area contributed by atoms with Crippen LogP contribution in [0, 0.1) is 0 Å². The monoisotopic (exact) mass is 277 g/mol. The van der Waals surface area contributed by atoms with Crippen molar-refractivity contribution in [2.45, 2.75) is 57.4 Å². The minimum Gasteiger partial charge on any atom is -0.468 e. The van der Waals surface area contributed by atoms with Gasteiger partial charge in [0.15, 0.2) is 0 Å². The van der Waals surface area contributed by atoms with E-state index in [4.69, 9.17) is 4.74 Å². The highest BCUT2D eigenvalue weighted by Crippen LogP contribution is 2.20. The van der Waals surface area contributed by atoms with Gasteiger partial charge in [-0.05, 0) is 39.0 Å². The van der Waals surface area contributed by atoms with Crippen molar-refractivity contribution in [1.29, 1.82) is 0 Å². The van der Waals surface area contributed by atoms with Crippen LogP contribution in [0.5, 0.6) is 0 Å². The van der Waals surface area contributed by atoms with Gasteiger partial charge in [-0.15, -0.1) is 0 Å². The molecule has 0 aliphatic rings. The largest absolute Gasteiger partial charge is 0.468 e. The molecular formula is C13H27NO3S. The molecule has 3 atom stereocenters. The van der Waals surface area contributed by atoms with E-state index in [9.17, 15) is 9.90 Å². The van der Waals surface area contributed by atoms with Crippen LogP contribution in [0.2, 0.25) is 0 Å². The van der Waals surface area contributed by atoms with E-state index in [0.717, 1.165) is 18.7 Å². The molecule has 0 spiro atoms. The standard InChI is InChI=1S/C13H27NO3S/c1-6-8-14-13(4,12(16)17-5)7-9-18-11(3)10(2)15/h10-11,14-15H,6-9H2,1-5H3. The van der Waals surface area contributed by atoms with E-state index in [1.807, 2.05) is 13.8 Å². The number of carbonyl (C=O) groups is 1. The second kappa shape index (κ2) is 8.77. The summed E-state index contributed by atoms with van der Waals surface area (Å²) in [6.45, 7) is 8.51. The fourth-order valence-corrected chi connectivity index (χ4v) is 2.65. The Bertz CT molecular complexity index is 248. The van der Waals surface area contributed by atoms with Gasteiger partial charge >= 0.3 is 5.97 Å². The number of ether oxygens (including phenoxy) is 1. The van der Waals surface area contributed by atoms with E-state index < -0.39 is 5.54 Å². The zero-order valence-electron chi connectivity index (χ0n) is 12.2. The Balaban J connectivity index is 4.29. The van der Waals surface area contributed by atoms with Crippen molar-refractivity contribution in [1.82, 2.24) is 5.32 Å². The van der Waals surface area contributed by atoms with Crippen LogP contribution >= 0.6 is 11.8 Å². The minimum atomic E-state index is -0.629. The molecule has 0 aromatic carbocycles. The van der Waals surface area contributed by atoms with E-state index in [1.165, 1.54) is 7.11 Å². The highest BCUT2D eigenvalue weighted by atomic mass is 32.2. The number of thioether (sulfide) groups is 1. The Hall–Kier alpha value is -0.260. The topological polar surface area (TPSA) is 58.6 Å². The number of nitrogens with one attached hydrogen (secondary N) is 1. The van der Waals surface area contributed by atoms with Crippen LogP contribution in [-0.4, -0.2) is 47.4 Å². The molecule has 2 N–H and O–H groups in total. The molecule has 0 radical (unpaired) electrons. The molecule has 0 fully saturated rings. The predicted octanol–water partition coefficient (Wildman–Crippen LogP) is 1.81. The number of esters is 1. The summed E-state index contributed by atoms with van der Waals surface area (Å²) >= 11 is 1.67. The van der Waals surface area contributed by atoms with Crippen molar-refractivity contribution in [3.8, 4) is 0 Å². The molecule has 0 saturated heterocycles. The molecule has 0 aromatic rings. The average Bonchev–Trinajstić information content (AvgIpc) is 2.34. The summed E-state index contributed by atoms with van der Waals surface area (Å²) in [6, 6.07) is 0. The lowest BCUT2D eigenvalue weighted by Crippen LogP contribution is -2.51. The SMILES string of the molecule is CCCNC(C)(CCSC(C)C(C)O)C(=O)OC. The van der Waals surface area contributed by atoms with Crippen LogP contribution in [0.25, 0.3) is 0 Å². The Morgan fingerprint density at radius 3 is 2.56 bits per heavy atom. The Morgan fingerprint density at radius 1 is 1.50 bits per heavy atom. The van der Waals surface area contributed by atoms with Crippen LogP contribution in [-0.2, 0) is 9.53 Å². The first-order valence-corrected chi connectivity index (χ1v) is 7.55. The lowest BCUT2D eigenvalue weighted by Gasteiger charge is -2.28. The third kappa shape index (κ3) is 6.07. The highest BCUT2D eigenvalue weighted by Gasteiger charge is 2.33. The number of carbonyl (C=O) groups excluding carboxylic acids is 1. The molecule has 0 amide bonds. The van der Waals surface area contributed by atoms with Crippen LogP contribution in [0.3, 0.4) is 0 Å². The summed E-state index contributed by atoms with van der Waals surface area (Å²) in [5.41, 5.74) is -0.629. The summed E-state index contributed by atoms with van der Waals surface area (Å²) in [4.78, 5) is 11.8. The van der Waals surface area contributed by atoms with E-state index in [2.05, 4.69) is 12.2 Å². The number of aliphatic hydroxyl groups is 1. The van der Waals surface area contributed by atoms with Gasteiger partial charge in [-0.3, -0.25) is 4.79 Å². The first kappa shape index (κ1) is 17.7. The van der Waals surface area contributed by atoms with Crippen LogP contribution in [0.15, 0.2) is 0 Å². The first-order valence-electron chi connectivity index (χ1n) is 6.50. The van der Waals surface area contributed by atoms with Crippen LogP contribution in [0.1, 0.15) is 40.5 Å². The summed E-state index contributed by atoms with van der Waals surface area (Å²) in [5.74, 6) is 0.593. The molecule has 0 bridgehead atoms. The molecule has 0 heterocycles. The van der Waals surface area contributed by atoms with E-state index in [0.29, 0.717) is 6.42 Å². The van der Waals surface area contributed by atoms with Gasteiger partial charge in [0.2, 0.25) is 0 Å². The number of hydrogen-bond donors (Lipinski definition) is 2. The van der Waals surface area contributed by atoms with Crippen molar-refractivity contribution in [3.05, 3.63) is 0 Å². The zero-order valence-corrected chi connectivity index (χ0v) is 13.0. The molecule has 3 unspecified atom stereocenters. The summed E-state index contributed by atoms with van der Waals surface area (Å²) in [6.07, 6.45) is 1.34. The lowest BCUT2D eigenvalue weighted by molar-refractivity contribution is -0.148. The summed E-state index contributed by atoms with van der Waals surface area (Å²) < 4.78 is 4.86. The molecular weight excluding hydrogens is 250 g/mol. The molecule has 0 saturated carbocycles. The normalized spacial score (nSPS) is 17.9. The maximum absolute atomic E-state index is 11.8. The maximum atomic E-state index is 11.8. The smallest absolute Gasteiger partial charge is 0.325 e. The van der Waals surface area contributed by atoms with Gasteiger partial charge in [-0.1, -0.05) is 13.8 Å². The van der Waals surface area contributed by atoms with Crippen molar-refractivity contribution in [2.75, 3.05) is 19.4 Å². The van der Waals surface area contributed by atoms with Gasteiger partial charge in [0.25, 0.3) is 0 Å². The highest BCUT2D eigenvalue weighted by molar-refractivity contribution is 7.99. The molecule has 0 aliphatic heterocycles. The van der Waals surface area contributed by atoms with Crippen molar-refractivity contribution >= 4 is 17.7 Å². The fraction of sp³-hybridized carbons (Fsp3) is 0.923. The van der Waals surface area contributed by atoms with Gasteiger partial charge in [0, 0.05) is 5.25 Å². The number of rotatable bonds is 9. The summed E-state index contributed by atoms with van der Waals surface area (Å²) in [7, 11) is 1.42. The lowest BCUT2D eigenvalue weighted by atomic mass is 9.99. The third-order valence-electron chi connectivity index (χ3n) is 3.06. The first-order chi connectivity index (χ1) is 8.37. The van der Waals surface area contributed by atoms with Crippen LogP contribution in [0.4, 0.5) is 0 Å². The van der Waals surface area contributed by atoms with Gasteiger partial charge in [-0.2, -0.15) is 11.8 Å². The van der Waals surface area contributed by atoms with E-state index in [-0.39, 0.29) is 17.3 Å². The van der Waals surface area contributed by atoms with Crippen LogP contribution < -0.4 is 5.32 Å². The molecule has 18 heavy (non-hydrogen) atoms. The van der Waals surface area contributed by atoms with Crippen molar-refractivity contribution < 1.29 is 14.6 Å². The van der Waals surface area contributed by atoms with Gasteiger partial charge in [0.1, 0.15) is 5.54 Å². The quantitative estimate of drug-likeness (QED) is 0.630. The molecule has 5 heteroatoms. The average molecular weight is 277 g/mol.